The van der Waals surface area contributed by atoms with E-state index in [2.05, 4.69) is 4.98 Å². The third-order valence-electron chi connectivity index (χ3n) is 3.37. The Morgan fingerprint density at radius 2 is 2.04 bits per heavy atom. The molecular weight excluding hydrogens is 327 g/mol. The Bertz CT molecular complexity index is 787. The first-order chi connectivity index (χ1) is 12.1. The number of hydrogen-bond donors (Lipinski definition) is 0. The van der Waals surface area contributed by atoms with E-state index in [1.54, 1.807) is 43.3 Å². The number of nitrogens with zero attached hydrogens (tertiary/aromatic N) is 2. The monoisotopic (exact) mass is 346 g/mol. The minimum atomic E-state index is -0.528. The molecule has 0 N–H and O–H groups in total. The number of halogens is 1. The number of aryl methyl sites for hydroxylation is 1. The predicted octanol–water partition coefficient (Wildman–Crippen LogP) is 2.74. The summed E-state index contributed by atoms with van der Waals surface area (Å²) in [5.74, 6) is -0.276. The van der Waals surface area contributed by atoms with Crippen LogP contribution in [0.2, 0.25) is 0 Å². The number of carbonyl (C=O) groups is 1. The molecule has 0 aliphatic heterocycles. The average Bonchev–Trinajstić information content (AvgIpc) is 2.64. The van der Waals surface area contributed by atoms with E-state index in [0.29, 0.717) is 18.5 Å². The van der Waals surface area contributed by atoms with Crippen LogP contribution in [-0.4, -0.2) is 28.7 Å². The van der Waals surface area contributed by atoms with Crippen LogP contribution >= 0.6 is 0 Å². The molecule has 0 amide bonds. The summed E-state index contributed by atoms with van der Waals surface area (Å²) in [5.41, 5.74) is 0.183. The summed E-state index contributed by atoms with van der Waals surface area (Å²) >= 11 is 0. The minimum Gasteiger partial charge on any atom is -0.478 e. The van der Waals surface area contributed by atoms with Crippen LogP contribution in [0.1, 0.15) is 23.7 Å². The summed E-state index contributed by atoms with van der Waals surface area (Å²) < 4.78 is 24.6. The van der Waals surface area contributed by atoms with Gasteiger partial charge in [-0.05, 0) is 31.1 Å². The van der Waals surface area contributed by atoms with E-state index in [9.17, 15) is 14.0 Å². The molecule has 7 heteroatoms. The molecule has 1 heterocycles. The molecule has 0 radical (unpaired) electrons. The van der Waals surface area contributed by atoms with Gasteiger partial charge in [0.25, 0.3) is 0 Å². The van der Waals surface area contributed by atoms with Gasteiger partial charge in [-0.3, -0.25) is 4.57 Å². The Morgan fingerprint density at radius 3 is 2.68 bits per heavy atom. The largest absolute Gasteiger partial charge is 0.478 e. The summed E-state index contributed by atoms with van der Waals surface area (Å²) in [6.45, 7) is 2.25. The van der Waals surface area contributed by atoms with E-state index in [1.165, 1.54) is 10.8 Å². The summed E-state index contributed by atoms with van der Waals surface area (Å²) in [4.78, 5) is 27.4. The van der Waals surface area contributed by atoms with Crippen molar-refractivity contribution >= 4 is 5.97 Å². The van der Waals surface area contributed by atoms with Crippen LogP contribution in [0, 0.1) is 0 Å². The molecule has 0 aliphatic carbocycles. The zero-order valence-corrected chi connectivity index (χ0v) is 13.9. The number of hydrogen-bond acceptors (Lipinski definition) is 5. The molecule has 25 heavy (non-hydrogen) atoms. The van der Waals surface area contributed by atoms with Crippen molar-refractivity contribution in [3.05, 3.63) is 70.5 Å². The molecule has 2 rings (SSSR count). The molecule has 2 aromatic rings. The molecule has 0 bridgehead atoms. The highest BCUT2D eigenvalue weighted by Crippen LogP contribution is 2.08. The number of aromatic nitrogens is 2. The average molecular weight is 346 g/mol. The van der Waals surface area contributed by atoms with Crippen molar-refractivity contribution < 1.29 is 18.7 Å². The summed E-state index contributed by atoms with van der Waals surface area (Å²) in [6, 6.07) is 10.0. The summed E-state index contributed by atoms with van der Waals surface area (Å²) in [7, 11) is 0. The quantitative estimate of drug-likeness (QED) is 0.688. The fraction of sp³-hybridized carbons (Fsp3) is 0.278. The van der Waals surface area contributed by atoms with Gasteiger partial charge in [0.15, 0.2) is 0 Å². The minimum absolute atomic E-state index is 0.177. The summed E-state index contributed by atoms with van der Waals surface area (Å²) in [5, 5.41) is 0. The second kappa shape index (κ2) is 9.36. The Balaban J connectivity index is 1.88. The van der Waals surface area contributed by atoms with Gasteiger partial charge in [-0.1, -0.05) is 18.2 Å². The van der Waals surface area contributed by atoms with E-state index < -0.39 is 11.7 Å². The molecule has 0 fully saturated rings. The van der Waals surface area contributed by atoms with Gasteiger partial charge in [0, 0.05) is 18.8 Å². The molecule has 0 aliphatic rings. The van der Waals surface area contributed by atoms with Gasteiger partial charge in [0.1, 0.15) is 6.61 Å². The van der Waals surface area contributed by atoms with Crippen molar-refractivity contribution in [3.8, 4) is 5.88 Å². The molecule has 0 atom stereocenters. The first-order valence-electron chi connectivity index (χ1n) is 7.84. The third-order valence-corrected chi connectivity index (χ3v) is 3.37. The first kappa shape index (κ1) is 18.4. The van der Waals surface area contributed by atoms with Gasteiger partial charge >= 0.3 is 11.7 Å². The van der Waals surface area contributed by atoms with Crippen LogP contribution in [0.15, 0.2) is 59.3 Å². The Hall–Kier alpha value is -2.96. The number of benzene rings is 1. The van der Waals surface area contributed by atoms with Gasteiger partial charge in [-0.15, -0.1) is 0 Å². The SMILES string of the molecule is CCOc1ccn(CCC(=CF)COC(=O)c2ccccc2)c(=O)n1. The molecule has 1 aromatic heterocycles. The highest BCUT2D eigenvalue weighted by Gasteiger charge is 2.09. The second-order valence-corrected chi connectivity index (χ2v) is 5.13. The molecule has 0 saturated heterocycles. The molecule has 6 nitrogen and oxygen atoms in total. The van der Waals surface area contributed by atoms with Crippen LogP contribution in [0.3, 0.4) is 0 Å². The fourth-order valence-corrected chi connectivity index (χ4v) is 2.05. The van der Waals surface area contributed by atoms with Crippen LogP contribution < -0.4 is 10.4 Å². The third kappa shape index (κ3) is 5.56. The Morgan fingerprint density at radius 1 is 1.28 bits per heavy atom. The lowest BCUT2D eigenvalue weighted by molar-refractivity contribution is 0.0536. The van der Waals surface area contributed by atoms with E-state index in [-0.39, 0.29) is 31.0 Å². The topological polar surface area (TPSA) is 70.4 Å². The van der Waals surface area contributed by atoms with Crippen molar-refractivity contribution in [3.63, 3.8) is 0 Å². The second-order valence-electron chi connectivity index (χ2n) is 5.13. The zero-order chi connectivity index (χ0) is 18.1. The number of carbonyl (C=O) groups excluding carboxylic acids is 1. The lowest BCUT2D eigenvalue weighted by Gasteiger charge is -2.09. The van der Waals surface area contributed by atoms with Gasteiger partial charge in [0.2, 0.25) is 5.88 Å². The van der Waals surface area contributed by atoms with Crippen molar-refractivity contribution in [2.75, 3.05) is 13.2 Å². The maximum Gasteiger partial charge on any atom is 0.350 e. The number of ether oxygens (including phenoxy) is 2. The Labute approximate surface area is 144 Å². The zero-order valence-electron chi connectivity index (χ0n) is 13.9. The molecular formula is C18H19FN2O4. The Kier molecular flexibility index (Phi) is 6.88. The van der Waals surface area contributed by atoms with Gasteiger partial charge < -0.3 is 9.47 Å². The van der Waals surface area contributed by atoms with E-state index in [1.807, 2.05) is 0 Å². The van der Waals surface area contributed by atoms with E-state index in [0.717, 1.165) is 0 Å². The van der Waals surface area contributed by atoms with Crippen LogP contribution in [0.25, 0.3) is 0 Å². The van der Waals surface area contributed by atoms with Gasteiger partial charge in [-0.25, -0.2) is 14.0 Å². The number of esters is 1. The molecule has 0 spiro atoms. The van der Waals surface area contributed by atoms with Gasteiger partial charge in [0.05, 0.1) is 18.5 Å². The summed E-state index contributed by atoms with van der Waals surface area (Å²) in [6.07, 6.45) is 2.14. The van der Waals surface area contributed by atoms with Gasteiger partial charge in [-0.2, -0.15) is 4.98 Å². The fourth-order valence-electron chi connectivity index (χ4n) is 2.05. The van der Waals surface area contributed by atoms with Crippen LogP contribution in [0.4, 0.5) is 4.39 Å². The van der Waals surface area contributed by atoms with E-state index >= 15 is 0 Å². The molecule has 1 aromatic carbocycles. The van der Waals surface area contributed by atoms with Crippen molar-refractivity contribution in [1.82, 2.24) is 9.55 Å². The predicted molar refractivity (Wildman–Crippen MR) is 90.2 cm³/mol. The number of rotatable bonds is 8. The van der Waals surface area contributed by atoms with Crippen molar-refractivity contribution in [2.24, 2.45) is 0 Å². The highest BCUT2D eigenvalue weighted by atomic mass is 19.1. The smallest absolute Gasteiger partial charge is 0.350 e. The van der Waals surface area contributed by atoms with Crippen LogP contribution in [-0.2, 0) is 11.3 Å². The normalized spacial score (nSPS) is 11.2. The van der Waals surface area contributed by atoms with Crippen molar-refractivity contribution in [2.45, 2.75) is 19.9 Å². The molecule has 0 saturated carbocycles. The maximum absolute atomic E-state index is 13.0. The lowest BCUT2D eigenvalue weighted by atomic mass is 10.2. The highest BCUT2D eigenvalue weighted by molar-refractivity contribution is 5.89. The lowest BCUT2D eigenvalue weighted by Crippen LogP contribution is -2.23. The van der Waals surface area contributed by atoms with Crippen LogP contribution in [0.5, 0.6) is 5.88 Å². The molecule has 0 unspecified atom stereocenters. The standard InChI is InChI=1S/C18H19FN2O4/c1-2-24-16-9-11-21(18(23)20-16)10-8-14(12-19)13-25-17(22)15-6-4-3-5-7-15/h3-7,9,11-12H,2,8,10,13H2,1H3. The first-order valence-corrected chi connectivity index (χ1v) is 7.84. The maximum atomic E-state index is 13.0. The molecule has 132 valence electrons. The van der Waals surface area contributed by atoms with E-state index in [4.69, 9.17) is 9.47 Å². The van der Waals surface area contributed by atoms with Crippen molar-refractivity contribution in [1.29, 1.82) is 0 Å².